The van der Waals surface area contributed by atoms with Crippen LogP contribution in [0.3, 0.4) is 0 Å². The Morgan fingerprint density at radius 2 is 1.58 bits per heavy atom. The summed E-state index contributed by atoms with van der Waals surface area (Å²) in [5.74, 6) is 0.463. The van der Waals surface area contributed by atoms with Crippen molar-refractivity contribution in [2.24, 2.45) is 0 Å². The van der Waals surface area contributed by atoms with Crippen molar-refractivity contribution in [3.8, 4) is 0 Å². The van der Waals surface area contributed by atoms with E-state index in [0.29, 0.717) is 19.6 Å². The second-order valence-electron chi connectivity index (χ2n) is 8.10. The van der Waals surface area contributed by atoms with Crippen LogP contribution in [0.15, 0.2) is 70.6 Å². The van der Waals surface area contributed by atoms with Crippen LogP contribution in [0.2, 0.25) is 0 Å². The van der Waals surface area contributed by atoms with E-state index in [1.807, 2.05) is 21.9 Å². The Morgan fingerprint density at radius 1 is 0.903 bits per heavy atom. The van der Waals surface area contributed by atoms with E-state index in [1.165, 1.54) is 0 Å². The molecule has 1 aromatic heterocycles. The van der Waals surface area contributed by atoms with Gasteiger partial charge in [0.1, 0.15) is 0 Å². The third-order valence-corrected chi connectivity index (χ3v) is 7.96. The van der Waals surface area contributed by atoms with E-state index in [0.717, 1.165) is 24.2 Å². The van der Waals surface area contributed by atoms with Gasteiger partial charge in [0, 0.05) is 38.0 Å². The SMILES string of the molecule is O=C(N1CC(c2ccc(S(=O)(=O)c3ccccc3)cc2)C1)N1CC[C@H](c2cn[nH]n2)C1. The van der Waals surface area contributed by atoms with Crippen molar-refractivity contribution in [1.82, 2.24) is 25.2 Å². The van der Waals surface area contributed by atoms with E-state index < -0.39 is 9.84 Å². The Hall–Kier alpha value is -3.20. The number of hydrogen-bond acceptors (Lipinski definition) is 5. The quantitative estimate of drug-likeness (QED) is 0.677. The summed E-state index contributed by atoms with van der Waals surface area (Å²) in [6, 6.07) is 15.5. The van der Waals surface area contributed by atoms with Gasteiger partial charge in [-0.3, -0.25) is 0 Å². The highest BCUT2D eigenvalue weighted by molar-refractivity contribution is 7.91. The number of aromatic nitrogens is 3. The van der Waals surface area contributed by atoms with E-state index in [4.69, 9.17) is 0 Å². The first kappa shape index (κ1) is 19.7. The number of likely N-dealkylation sites (tertiary alicyclic amines) is 2. The van der Waals surface area contributed by atoms with E-state index >= 15 is 0 Å². The number of aromatic amines is 1. The zero-order chi connectivity index (χ0) is 21.4. The van der Waals surface area contributed by atoms with Gasteiger partial charge in [0.2, 0.25) is 9.84 Å². The molecule has 0 spiro atoms. The van der Waals surface area contributed by atoms with Gasteiger partial charge >= 0.3 is 6.03 Å². The fraction of sp³-hybridized carbons (Fsp3) is 0.318. The third kappa shape index (κ3) is 3.69. The van der Waals surface area contributed by atoms with Crippen LogP contribution in [0.1, 0.15) is 29.5 Å². The van der Waals surface area contributed by atoms with Crippen molar-refractivity contribution < 1.29 is 13.2 Å². The average Bonchev–Trinajstić information content (AvgIpc) is 3.46. The second-order valence-corrected chi connectivity index (χ2v) is 10.0. The molecule has 2 aromatic carbocycles. The maximum atomic E-state index is 12.8. The molecule has 31 heavy (non-hydrogen) atoms. The van der Waals surface area contributed by atoms with Gasteiger partial charge in [0.15, 0.2) is 0 Å². The summed E-state index contributed by atoms with van der Waals surface area (Å²) in [5, 5.41) is 10.6. The van der Waals surface area contributed by atoms with Crippen molar-refractivity contribution in [3.05, 3.63) is 72.1 Å². The fourth-order valence-corrected chi connectivity index (χ4v) is 5.57. The Bertz CT molecular complexity index is 1160. The number of urea groups is 1. The Kier molecular flexibility index (Phi) is 4.97. The molecule has 5 rings (SSSR count). The standard InChI is InChI=1S/C22H23N5O3S/c28-22(26-11-10-17(13-26)21-12-23-25-24-21)27-14-18(15-27)16-6-8-20(9-7-16)31(29,30)19-4-2-1-3-5-19/h1-9,12,17-18H,10-11,13-15H2,(H,23,24,25)/t17-/m0/s1. The highest BCUT2D eigenvalue weighted by Gasteiger charge is 2.37. The molecule has 2 aliphatic rings. The molecule has 8 nitrogen and oxygen atoms in total. The number of carbonyl (C=O) groups excluding carboxylic acids is 1. The van der Waals surface area contributed by atoms with Crippen molar-refractivity contribution in [1.29, 1.82) is 0 Å². The predicted molar refractivity (Wildman–Crippen MR) is 113 cm³/mol. The van der Waals surface area contributed by atoms with Gasteiger partial charge in [-0.25, -0.2) is 13.2 Å². The maximum Gasteiger partial charge on any atom is 0.320 e. The summed E-state index contributed by atoms with van der Waals surface area (Å²) < 4.78 is 25.5. The zero-order valence-electron chi connectivity index (χ0n) is 16.9. The molecule has 2 amide bonds. The van der Waals surface area contributed by atoms with Gasteiger partial charge in [-0.05, 0) is 36.2 Å². The van der Waals surface area contributed by atoms with Crippen molar-refractivity contribution in [3.63, 3.8) is 0 Å². The molecular formula is C22H23N5O3S. The number of amides is 2. The molecule has 0 saturated carbocycles. The highest BCUT2D eigenvalue weighted by atomic mass is 32.2. The van der Waals surface area contributed by atoms with Crippen LogP contribution >= 0.6 is 0 Å². The monoisotopic (exact) mass is 437 g/mol. The zero-order valence-corrected chi connectivity index (χ0v) is 17.7. The lowest BCUT2D eigenvalue weighted by molar-refractivity contribution is 0.121. The number of H-pyrrole nitrogens is 1. The Labute approximate surface area is 180 Å². The fourth-order valence-electron chi connectivity index (χ4n) is 4.28. The molecule has 0 bridgehead atoms. The number of nitrogens with one attached hydrogen (secondary N) is 1. The number of nitrogens with zero attached hydrogens (tertiary/aromatic N) is 4. The Balaban J connectivity index is 1.19. The first-order valence-electron chi connectivity index (χ1n) is 10.3. The third-order valence-electron chi connectivity index (χ3n) is 6.18. The molecule has 160 valence electrons. The molecule has 2 fully saturated rings. The molecule has 0 radical (unpaired) electrons. The lowest BCUT2D eigenvalue weighted by Gasteiger charge is -2.41. The predicted octanol–water partition coefficient (Wildman–Crippen LogP) is 2.65. The van der Waals surface area contributed by atoms with E-state index in [9.17, 15) is 13.2 Å². The van der Waals surface area contributed by atoms with Gasteiger partial charge in [-0.15, -0.1) is 0 Å². The largest absolute Gasteiger partial charge is 0.324 e. The molecule has 9 heteroatoms. The molecule has 0 unspecified atom stereocenters. The first-order chi connectivity index (χ1) is 15.0. The molecule has 3 aromatic rings. The topological polar surface area (TPSA) is 99.3 Å². The first-order valence-corrected chi connectivity index (χ1v) is 11.8. The lowest BCUT2D eigenvalue weighted by atomic mass is 9.92. The molecule has 0 aliphatic carbocycles. The number of benzene rings is 2. The molecule has 3 heterocycles. The van der Waals surface area contributed by atoms with Crippen molar-refractivity contribution in [2.75, 3.05) is 26.2 Å². The lowest BCUT2D eigenvalue weighted by Crippen LogP contribution is -2.53. The van der Waals surface area contributed by atoms with Gasteiger partial charge in [0.25, 0.3) is 0 Å². The van der Waals surface area contributed by atoms with Gasteiger partial charge in [-0.2, -0.15) is 15.4 Å². The number of sulfone groups is 1. The minimum atomic E-state index is -3.51. The van der Waals surface area contributed by atoms with Crippen LogP contribution in [0.25, 0.3) is 0 Å². The van der Waals surface area contributed by atoms with Crippen molar-refractivity contribution >= 4 is 15.9 Å². The van der Waals surface area contributed by atoms with Crippen LogP contribution in [0.5, 0.6) is 0 Å². The molecular weight excluding hydrogens is 414 g/mol. The minimum absolute atomic E-state index is 0.0607. The van der Waals surface area contributed by atoms with E-state index in [2.05, 4.69) is 15.4 Å². The summed E-state index contributed by atoms with van der Waals surface area (Å²) in [6.45, 7) is 2.69. The Morgan fingerprint density at radius 3 is 2.26 bits per heavy atom. The average molecular weight is 438 g/mol. The van der Waals surface area contributed by atoms with Gasteiger partial charge < -0.3 is 9.80 Å². The van der Waals surface area contributed by atoms with Crippen LogP contribution in [-0.2, 0) is 9.84 Å². The summed E-state index contributed by atoms with van der Waals surface area (Å²) in [4.78, 5) is 17.1. The summed E-state index contributed by atoms with van der Waals surface area (Å²) in [7, 11) is -3.51. The minimum Gasteiger partial charge on any atom is -0.324 e. The van der Waals surface area contributed by atoms with Crippen molar-refractivity contribution in [2.45, 2.75) is 28.0 Å². The van der Waals surface area contributed by atoms with Crippen LogP contribution < -0.4 is 0 Å². The maximum absolute atomic E-state index is 12.8. The molecule has 2 saturated heterocycles. The van der Waals surface area contributed by atoms with Gasteiger partial charge in [-0.1, -0.05) is 30.3 Å². The van der Waals surface area contributed by atoms with E-state index in [-0.39, 0.29) is 27.7 Å². The molecule has 1 N–H and O–H groups in total. The van der Waals surface area contributed by atoms with Crippen LogP contribution in [-0.4, -0.2) is 65.8 Å². The molecule has 2 aliphatic heterocycles. The summed E-state index contributed by atoms with van der Waals surface area (Å²) in [6.07, 6.45) is 2.62. The highest BCUT2D eigenvalue weighted by Crippen LogP contribution is 2.32. The number of hydrogen-bond donors (Lipinski definition) is 1. The van der Waals surface area contributed by atoms with Crippen LogP contribution in [0.4, 0.5) is 4.79 Å². The second kappa shape index (κ2) is 7.81. The summed E-state index contributed by atoms with van der Waals surface area (Å²) in [5.41, 5.74) is 1.96. The van der Waals surface area contributed by atoms with Gasteiger partial charge in [0.05, 0.1) is 21.7 Å². The molecule has 1 atom stereocenters. The number of rotatable bonds is 4. The normalized spacial score (nSPS) is 19.4. The summed E-state index contributed by atoms with van der Waals surface area (Å²) >= 11 is 0. The smallest absolute Gasteiger partial charge is 0.320 e. The van der Waals surface area contributed by atoms with Crippen LogP contribution in [0, 0.1) is 0 Å². The number of carbonyl (C=O) groups is 1. The van der Waals surface area contributed by atoms with E-state index in [1.54, 1.807) is 48.7 Å².